The first-order chi connectivity index (χ1) is 13.8. The van der Waals surface area contributed by atoms with Gasteiger partial charge in [0.15, 0.2) is 0 Å². The van der Waals surface area contributed by atoms with E-state index in [1.807, 2.05) is 0 Å². The molecule has 0 bridgehead atoms. The van der Waals surface area contributed by atoms with Crippen LogP contribution < -0.4 is 10.1 Å². The van der Waals surface area contributed by atoms with Gasteiger partial charge in [0, 0.05) is 16.3 Å². The minimum absolute atomic E-state index is 0.135. The Balaban J connectivity index is 1.68. The Kier molecular flexibility index (Phi) is 6.31. The number of anilines is 1. The quantitative estimate of drug-likeness (QED) is 0.454. The number of sulfonamides is 1. The zero-order chi connectivity index (χ0) is 20.9. The number of nitrogens with zero attached hydrogens (tertiary/aromatic N) is 1. The number of benzene rings is 3. The van der Waals surface area contributed by atoms with Crippen molar-refractivity contribution in [2.45, 2.75) is 11.8 Å². The Morgan fingerprint density at radius 3 is 2.24 bits per heavy atom. The van der Waals surface area contributed by atoms with Crippen LogP contribution in [0, 0.1) is 0 Å². The summed E-state index contributed by atoms with van der Waals surface area (Å²) in [5.41, 5.74) is 2.24. The monoisotopic (exact) mass is 427 g/mol. The van der Waals surface area contributed by atoms with Crippen LogP contribution in [0.5, 0.6) is 0 Å². The maximum absolute atomic E-state index is 12.3. The molecule has 0 unspecified atom stereocenters. The van der Waals surface area contributed by atoms with Crippen molar-refractivity contribution >= 4 is 38.9 Å². The molecule has 0 aromatic heterocycles. The Morgan fingerprint density at radius 2 is 1.59 bits per heavy atom. The molecule has 0 radical (unpaired) electrons. The van der Waals surface area contributed by atoms with E-state index in [2.05, 4.69) is 15.2 Å². The van der Waals surface area contributed by atoms with E-state index in [0.717, 1.165) is 0 Å². The summed E-state index contributed by atoms with van der Waals surface area (Å²) < 4.78 is 24.5. The summed E-state index contributed by atoms with van der Waals surface area (Å²) in [6.45, 7) is 1.69. The van der Waals surface area contributed by atoms with Gasteiger partial charge in [-0.2, -0.15) is 18.4 Å². The van der Waals surface area contributed by atoms with Crippen molar-refractivity contribution in [2.75, 3.05) is 5.32 Å². The van der Waals surface area contributed by atoms with E-state index < -0.39 is 10.0 Å². The fraction of sp³-hybridized carbons (Fsp3) is 0.0476. The number of hydrazone groups is 1. The summed E-state index contributed by atoms with van der Waals surface area (Å²) in [6, 6.07) is 21.6. The molecule has 0 spiro atoms. The molecular formula is C21H18ClN3O3S. The van der Waals surface area contributed by atoms with Crippen molar-refractivity contribution in [1.82, 2.24) is 4.83 Å². The zero-order valence-corrected chi connectivity index (χ0v) is 17.0. The maximum Gasteiger partial charge on any atom is 0.276 e. The zero-order valence-electron chi connectivity index (χ0n) is 15.5. The van der Waals surface area contributed by atoms with Crippen molar-refractivity contribution in [3.63, 3.8) is 0 Å². The van der Waals surface area contributed by atoms with Crippen molar-refractivity contribution in [3.8, 4) is 0 Å². The molecule has 148 valence electrons. The van der Waals surface area contributed by atoms with Gasteiger partial charge in [-0.05, 0) is 55.0 Å². The lowest BCUT2D eigenvalue weighted by atomic mass is 10.1. The van der Waals surface area contributed by atoms with Crippen LogP contribution in [-0.4, -0.2) is 20.0 Å². The largest absolute Gasteiger partial charge is 0.322 e. The standard InChI is InChI=1S/C21H18ClN3O3S/c1-15(24-25-29(27,28)20-8-3-2-4-9-20)16-10-12-19(13-11-16)23-21(26)17-6-5-7-18(22)14-17/h2-14,25H,1H3,(H,23,26)/b24-15-. The summed E-state index contributed by atoms with van der Waals surface area (Å²) in [7, 11) is -3.73. The third-order valence-corrected chi connectivity index (χ3v) is 5.49. The van der Waals surface area contributed by atoms with E-state index in [4.69, 9.17) is 11.6 Å². The molecule has 29 heavy (non-hydrogen) atoms. The maximum atomic E-state index is 12.3. The average molecular weight is 428 g/mol. The van der Waals surface area contributed by atoms with Gasteiger partial charge in [-0.3, -0.25) is 4.79 Å². The fourth-order valence-corrected chi connectivity index (χ4v) is 3.54. The molecule has 2 N–H and O–H groups in total. The second-order valence-corrected chi connectivity index (χ2v) is 8.24. The molecule has 3 aromatic carbocycles. The third-order valence-electron chi connectivity index (χ3n) is 4.03. The Hall–Kier alpha value is -3.16. The Morgan fingerprint density at radius 1 is 0.897 bits per heavy atom. The van der Waals surface area contributed by atoms with E-state index >= 15 is 0 Å². The number of carbonyl (C=O) groups is 1. The van der Waals surface area contributed by atoms with Crippen LogP contribution in [0.2, 0.25) is 5.02 Å². The van der Waals surface area contributed by atoms with Crippen LogP contribution in [-0.2, 0) is 10.0 Å². The van der Waals surface area contributed by atoms with Gasteiger partial charge in [-0.1, -0.05) is 48.0 Å². The normalized spacial score (nSPS) is 11.7. The highest BCUT2D eigenvalue weighted by molar-refractivity contribution is 7.89. The molecule has 0 aliphatic rings. The Bertz CT molecular complexity index is 1150. The van der Waals surface area contributed by atoms with E-state index in [0.29, 0.717) is 27.5 Å². The molecule has 0 saturated carbocycles. The van der Waals surface area contributed by atoms with Crippen LogP contribution in [0.25, 0.3) is 0 Å². The molecule has 0 fully saturated rings. The highest BCUT2D eigenvalue weighted by Gasteiger charge is 2.12. The summed E-state index contributed by atoms with van der Waals surface area (Å²) in [6.07, 6.45) is 0. The Labute approximate surface area is 174 Å². The summed E-state index contributed by atoms with van der Waals surface area (Å²) in [5, 5.41) is 7.23. The van der Waals surface area contributed by atoms with Crippen LogP contribution in [0.3, 0.4) is 0 Å². The molecular weight excluding hydrogens is 410 g/mol. The molecule has 0 aliphatic heterocycles. The van der Waals surface area contributed by atoms with Crippen molar-refractivity contribution in [2.24, 2.45) is 5.10 Å². The van der Waals surface area contributed by atoms with Gasteiger partial charge < -0.3 is 5.32 Å². The van der Waals surface area contributed by atoms with Gasteiger partial charge in [-0.15, -0.1) is 0 Å². The molecule has 3 aromatic rings. The predicted octanol–water partition coefficient (Wildman–Crippen LogP) is 4.29. The molecule has 1 amide bonds. The number of rotatable bonds is 6. The van der Waals surface area contributed by atoms with E-state index in [9.17, 15) is 13.2 Å². The topological polar surface area (TPSA) is 87.6 Å². The van der Waals surface area contributed by atoms with Gasteiger partial charge in [0.2, 0.25) is 0 Å². The molecule has 8 heteroatoms. The first-order valence-corrected chi connectivity index (χ1v) is 10.5. The molecule has 0 saturated heterocycles. The van der Waals surface area contributed by atoms with Crippen LogP contribution in [0.1, 0.15) is 22.8 Å². The predicted molar refractivity (Wildman–Crippen MR) is 115 cm³/mol. The number of amides is 1. The van der Waals surface area contributed by atoms with Crippen molar-refractivity contribution in [1.29, 1.82) is 0 Å². The summed E-state index contributed by atoms with van der Waals surface area (Å²) in [4.78, 5) is 14.6. The van der Waals surface area contributed by atoms with E-state index in [1.54, 1.807) is 73.7 Å². The second-order valence-electron chi connectivity index (χ2n) is 6.15. The smallest absolute Gasteiger partial charge is 0.276 e. The SMILES string of the molecule is C/C(=N/NS(=O)(=O)c1ccccc1)c1ccc(NC(=O)c2cccc(Cl)c2)cc1. The lowest BCUT2D eigenvalue weighted by Gasteiger charge is -2.08. The van der Waals surface area contributed by atoms with Crippen LogP contribution in [0.4, 0.5) is 5.69 Å². The molecule has 0 atom stereocenters. The number of halogens is 1. The van der Waals surface area contributed by atoms with Gasteiger partial charge in [0.05, 0.1) is 10.6 Å². The van der Waals surface area contributed by atoms with Gasteiger partial charge in [-0.25, -0.2) is 0 Å². The lowest BCUT2D eigenvalue weighted by Crippen LogP contribution is -2.19. The molecule has 0 aliphatic carbocycles. The molecule has 6 nitrogen and oxygen atoms in total. The van der Waals surface area contributed by atoms with Crippen LogP contribution >= 0.6 is 11.6 Å². The van der Waals surface area contributed by atoms with E-state index in [-0.39, 0.29) is 10.8 Å². The third kappa shape index (κ3) is 5.43. The van der Waals surface area contributed by atoms with E-state index in [1.165, 1.54) is 12.1 Å². The van der Waals surface area contributed by atoms with Gasteiger partial charge in [0.1, 0.15) is 0 Å². The lowest BCUT2D eigenvalue weighted by molar-refractivity contribution is 0.102. The highest BCUT2D eigenvalue weighted by Crippen LogP contribution is 2.15. The fourth-order valence-electron chi connectivity index (χ4n) is 2.47. The number of hydrogen-bond donors (Lipinski definition) is 2. The number of carbonyl (C=O) groups excluding carboxylic acids is 1. The summed E-state index contributed by atoms with van der Waals surface area (Å²) >= 11 is 5.91. The van der Waals surface area contributed by atoms with Crippen LogP contribution in [0.15, 0.2) is 88.9 Å². The molecule has 3 rings (SSSR count). The minimum atomic E-state index is -3.73. The minimum Gasteiger partial charge on any atom is -0.322 e. The number of nitrogens with one attached hydrogen (secondary N) is 2. The first-order valence-electron chi connectivity index (χ1n) is 8.64. The summed E-state index contributed by atoms with van der Waals surface area (Å²) in [5.74, 6) is -0.277. The second kappa shape index (κ2) is 8.89. The molecule has 0 heterocycles. The number of hydrogen-bond acceptors (Lipinski definition) is 4. The van der Waals surface area contributed by atoms with Gasteiger partial charge >= 0.3 is 0 Å². The first kappa shape index (κ1) is 20.6. The van der Waals surface area contributed by atoms with Gasteiger partial charge in [0.25, 0.3) is 15.9 Å². The van der Waals surface area contributed by atoms with Crippen molar-refractivity contribution < 1.29 is 13.2 Å². The highest BCUT2D eigenvalue weighted by atomic mass is 35.5. The van der Waals surface area contributed by atoms with Crippen molar-refractivity contribution in [3.05, 3.63) is 95.0 Å². The average Bonchev–Trinajstić information content (AvgIpc) is 2.73.